The molecule has 4 nitrogen and oxygen atoms in total. The van der Waals surface area contributed by atoms with Crippen LogP contribution in [0, 0.1) is 19.8 Å². The largest absolute Gasteiger partial charge is 0.330 e. The molecule has 1 aromatic rings. The van der Waals surface area contributed by atoms with Crippen LogP contribution >= 0.6 is 23.7 Å². The van der Waals surface area contributed by atoms with Crippen molar-refractivity contribution in [2.24, 2.45) is 11.7 Å². The lowest BCUT2D eigenvalue weighted by Crippen LogP contribution is -2.29. The zero-order valence-corrected chi connectivity index (χ0v) is 13.0. The van der Waals surface area contributed by atoms with E-state index in [-0.39, 0.29) is 12.4 Å². The number of nitrogens with two attached hydrogens (primary N) is 1. The van der Waals surface area contributed by atoms with Crippen molar-refractivity contribution >= 4 is 33.8 Å². The van der Waals surface area contributed by atoms with Gasteiger partial charge in [0, 0.05) is 18.0 Å². The first-order chi connectivity index (χ1) is 7.95. The lowest BCUT2D eigenvalue weighted by atomic mass is 10.1. The van der Waals surface area contributed by atoms with E-state index in [1.54, 1.807) is 4.31 Å². The van der Waals surface area contributed by atoms with Gasteiger partial charge in [0.05, 0.1) is 0 Å². The predicted octanol–water partition coefficient (Wildman–Crippen LogP) is 1.76. The van der Waals surface area contributed by atoms with Gasteiger partial charge >= 0.3 is 0 Å². The molecule has 104 valence electrons. The first kappa shape index (κ1) is 15.9. The van der Waals surface area contributed by atoms with E-state index in [4.69, 9.17) is 5.73 Å². The van der Waals surface area contributed by atoms with E-state index in [2.05, 4.69) is 0 Å². The summed E-state index contributed by atoms with van der Waals surface area (Å²) in [4.78, 5) is 1.04. The second-order valence-corrected chi connectivity index (χ2v) is 7.97. The van der Waals surface area contributed by atoms with Crippen molar-refractivity contribution in [3.8, 4) is 0 Å². The molecule has 2 rings (SSSR count). The topological polar surface area (TPSA) is 63.4 Å². The minimum atomic E-state index is -3.30. The molecule has 2 N–H and O–H groups in total. The Bertz CT molecular complexity index is 513. The highest BCUT2D eigenvalue weighted by Crippen LogP contribution is 2.31. The Balaban J connectivity index is 0.00000162. The van der Waals surface area contributed by atoms with Crippen molar-refractivity contribution in [3.05, 3.63) is 16.5 Å². The highest BCUT2D eigenvalue weighted by Gasteiger charge is 2.33. The first-order valence-corrected chi connectivity index (χ1v) is 7.98. The van der Waals surface area contributed by atoms with E-state index < -0.39 is 10.0 Å². The summed E-state index contributed by atoms with van der Waals surface area (Å²) in [7, 11) is -3.30. The molecule has 1 aromatic heterocycles. The Labute approximate surface area is 119 Å². The molecular formula is C11H19ClN2O2S2. The number of rotatable bonds is 3. The minimum absolute atomic E-state index is 0. The zero-order valence-electron chi connectivity index (χ0n) is 10.5. The van der Waals surface area contributed by atoms with Crippen LogP contribution in [0.25, 0.3) is 0 Å². The molecule has 1 aliphatic rings. The molecule has 7 heteroatoms. The smallest absolute Gasteiger partial charge is 0.252 e. The van der Waals surface area contributed by atoms with Crippen LogP contribution in [0.2, 0.25) is 0 Å². The van der Waals surface area contributed by atoms with Gasteiger partial charge in [-0.05, 0) is 44.4 Å². The van der Waals surface area contributed by atoms with Gasteiger partial charge in [0.25, 0.3) is 10.0 Å². The van der Waals surface area contributed by atoms with Crippen molar-refractivity contribution in [3.63, 3.8) is 0 Å². The Morgan fingerprint density at radius 3 is 2.61 bits per heavy atom. The van der Waals surface area contributed by atoms with Gasteiger partial charge in [-0.15, -0.1) is 23.7 Å². The third-order valence-electron chi connectivity index (χ3n) is 3.15. The molecule has 1 fully saturated rings. The molecule has 2 heterocycles. The first-order valence-electron chi connectivity index (χ1n) is 5.72. The van der Waals surface area contributed by atoms with Gasteiger partial charge in [0.1, 0.15) is 4.21 Å². The third kappa shape index (κ3) is 2.88. The van der Waals surface area contributed by atoms with Crippen molar-refractivity contribution in [2.75, 3.05) is 19.6 Å². The number of sulfonamides is 1. The maximum atomic E-state index is 12.4. The number of aryl methyl sites for hydroxylation is 2. The molecule has 0 saturated carbocycles. The summed E-state index contributed by atoms with van der Waals surface area (Å²) in [5, 5.41) is 0. The molecular weight excluding hydrogens is 292 g/mol. The predicted molar refractivity (Wildman–Crippen MR) is 77.0 cm³/mol. The van der Waals surface area contributed by atoms with Crippen molar-refractivity contribution in [2.45, 2.75) is 24.5 Å². The second kappa shape index (κ2) is 5.88. The Morgan fingerprint density at radius 1 is 1.50 bits per heavy atom. The summed E-state index contributed by atoms with van der Waals surface area (Å²) in [5.41, 5.74) is 6.44. The van der Waals surface area contributed by atoms with Gasteiger partial charge in [-0.1, -0.05) is 0 Å². The van der Waals surface area contributed by atoms with Gasteiger partial charge < -0.3 is 5.73 Å². The van der Waals surface area contributed by atoms with Gasteiger partial charge in [-0.25, -0.2) is 8.42 Å². The molecule has 1 aliphatic heterocycles. The molecule has 0 spiro atoms. The van der Waals surface area contributed by atoms with E-state index >= 15 is 0 Å². The van der Waals surface area contributed by atoms with Gasteiger partial charge in [-0.2, -0.15) is 4.31 Å². The summed E-state index contributed by atoms with van der Waals surface area (Å²) in [6, 6.07) is 1.92. The van der Waals surface area contributed by atoms with E-state index in [1.165, 1.54) is 11.3 Å². The highest BCUT2D eigenvalue weighted by molar-refractivity contribution is 7.91. The zero-order chi connectivity index (χ0) is 12.6. The number of hydrogen-bond donors (Lipinski definition) is 1. The molecule has 0 bridgehead atoms. The van der Waals surface area contributed by atoms with E-state index in [9.17, 15) is 8.42 Å². The lowest BCUT2D eigenvalue weighted by molar-refractivity contribution is 0.460. The van der Waals surface area contributed by atoms with Crippen LogP contribution < -0.4 is 5.73 Å². The van der Waals surface area contributed by atoms with E-state index in [1.807, 2.05) is 19.9 Å². The molecule has 0 radical (unpaired) electrons. The molecule has 0 aliphatic carbocycles. The standard InChI is InChI=1S/C11H18N2O2S2.ClH/c1-8-5-9(2)16-11(8)17(14,15)13-4-3-10(6-12)7-13;/h5,10H,3-4,6-7,12H2,1-2H3;1H. The van der Waals surface area contributed by atoms with E-state index in [0.717, 1.165) is 16.9 Å². The average Bonchev–Trinajstić information content (AvgIpc) is 2.85. The Morgan fingerprint density at radius 2 is 2.17 bits per heavy atom. The summed E-state index contributed by atoms with van der Waals surface area (Å²) < 4.78 is 26.9. The maximum Gasteiger partial charge on any atom is 0.252 e. The normalized spacial score (nSPS) is 20.9. The lowest BCUT2D eigenvalue weighted by Gasteiger charge is -2.15. The quantitative estimate of drug-likeness (QED) is 0.925. The van der Waals surface area contributed by atoms with Gasteiger partial charge in [-0.3, -0.25) is 0 Å². The number of thiophene rings is 1. The second-order valence-electron chi connectivity index (χ2n) is 4.58. The summed E-state index contributed by atoms with van der Waals surface area (Å²) in [6.07, 6.45) is 0.874. The van der Waals surface area contributed by atoms with Crippen LogP contribution in [0.5, 0.6) is 0 Å². The van der Waals surface area contributed by atoms with Crippen molar-refractivity contribution in [1.29, 1.82) is 0 Å². The fraction of sp³-hybridized carbons (Fsp3) is 0.636. The van der Waals surface area contributed by atoms with Crippen LogP contribution in [0.15, 0.2) is 10.3 Å². The number of halogens is 1. The van der Waals surface area contributed by atoms with Crippen LogP contribution in [0.3, 0.4) is 0 Å². The van der Waals surface area contributed by atoms with Crippen molar-refractivity contribution < 1.29 is 8.42 Å². The monoisotopic (exact) mass is 310 g/mol. The molecule has 1 unspecified atom stereocenters. The van der Waals surface area contributed by atoms with Crippen LogP contribution in [-0.2, 0) is 10.0 Å². The van der Waals surface area contributed by atoms with Gasteiger partial charge in [0.2, 0.25) is 0 Å². The summed E-state index contributed by atoms with van der Waals surface area (Å²) in [6.45, 7) is 5.51. The molecule has 0 aromatic carbocycles. The van der Waals surface area contributed by atoms with Crippen LogP contribution in [0.4, 0.5) is 0 Å². The Hall–Kier alpha value is -0.140. The van der Waals surface area contributed by atoms with Gasteiger partial charge in [0.15, 0.2) is 0 Å². The summed E-state index contributed by atoms with van der Waals surface area (Å²) in [5.74, 6) is 0.311. The average molecular weight is 311 g/mol. The number of nitrogens with zero attached hydrogens (tertiary/aromatic N) is 1. The third-order valence-corrected chi connectivity index (χ3v) is 6.78. The maximum absolute atomic E-state index is 12.4. The van der Waals surface area contributed by atoms with Crippen LogP contribution in [0.1, 0.15) is 16.9 Å². The molecule has 1 atom stereocenters. The molecule has 0 amide bonds. The highest BCUT2D eigenvalue weighted by atomic mass is 35.5. The minimum Gasteiger partial charge on any atom is -0.330 e. The number of hydrogen-bond acceptors (Lipinski definition) is 4. The fourth-order valence-electron chi connectivity index (χ4n) is 2.20. The SMILES string of the molecule is Cc1cc(C)c(S(=O)(=O)N2CCC(CN)C2)s1.Cl. The fourth-order valence-corrected chi connectivity index (χ4v) is 5.53. The summed E-state index contributed by atoms with van der Waals surface area (Å²) >= 11 is 1.36. The Kier molecular flexibility index (Phi) is 5.20. The van der Waals surface area contributed by atoms with E-state index in [0.29, 0.717) is 29.8 Å². The molecule has 18 heavy (non-hydrogen) atoms. The van der Waals surface area contributed by atoms with Crippen LogP contribution in [-0.4, -0.2) is 32.4 Å². The molecule has 1 saturated heterocycles. The van der Waals surface area contributed by atoms with Crippen molar-refractivity contribution in [1.82, 2.24) is 4.31 Å².